The monoisotopic (exact) mass is 446 g/mol. The lowest BCUT2D eigenvalue weighted by atomic mass is 9.85. The number of amides is 2. The zero-order valence-electron chi connectivity index (χ0n) is 17.5. The van der Waals surface area contributed by atoms with E-state index in [0.29, 0.717) is 39.1 Å². The topological polar surface area (TPSA) is 64.7 Å². The Balaban J connectivity index is 1.32. The fourth-order valence-electron chi connectivity index (χ4n) is 4.53. The van der Waals surface area contributed by atoms with Crippen LogP contribution in [0, 0.1) is 0 Å². The maximum Gasteiger partial charge on any atom is 0.417 e. The highest BCUT2D eigenvalue weighted by Gasteiger charge is 2.50. The molecule has 0 radical (unpaired) electrons. The van der Waals surface area contributed by atoms with Gasteiger partial charge in [-0.1, -0.05) is 30.3 Å². The molecular weight excluding hydrogens is 421 g/mol. The van der Waals surface area contributed by atoms with Crippen LogP contribution in [-0.4, -0.2) is 55.1 Å². The molecule has 2 heterocycles. The Labute approximate surface area is 184 Å². The summed E-state index contributed by atoms with van der Waals surface area (Å²) >= 11 is 0. The number of para-hydroxylation sites is 1. The number of anilines is 1. The van der Waals surface area contributed by atoms with E-state index in [1.54, 1.807) is 0 Å². The number of nitrogens with zero attached hydrogens (tertiary/aromatic N) is 2. The molecule has 0 saturated carbocycles. The molecule has 2 aliphatic heterocycles. The lowest BCUT2D eigenvalue weighted by Crippen LogP contribution is -2.57. The molecule has 2 saturated heterocycles. The van der Waals surface area contributed by atoms with Gasteiger partial charge in [-0.05, 0) is 37.1 Å². The number of carbonyl (C=O) groups is 2. The molecule has 0 aromatic heterocycles. The van der Waals surface area contributed by atoms with Gasteiger partial charge >= 0.3 is 6.18 Å². The minimum Gasteiger partial charge on any atom is -0.351 e. The molecular formula is C23H25F3N4O2. The predicted octanol–water partition coefficient (Wildman–Crippen LogP) is 2.86. The maximum atomic E-state index is 13.1. The van der Waals surface area contributed by atoms with Crippen molar-refractivity contribution in [3.63, 3.8) is 0 Å². The van der Waals surface area contributed by atoms with Gasteiger partial charge in [-0.2, -0.15) is 13.2 Å². The van der Waals surface area contributed by atoms with Crippen LogP contribution in [0.4, 0.5) is 18.9 Å². The van der Waals surface area contributed by atoms with Gasteiger partial charge in [0.1, 0.15) is 5.54 Å². The average Bonchev–Trinajstić information content (AvgIpc) is 3.10. The second kappa shape index (κ2) is 8.82. The third-order valence-corrected chi connectivity index (χ3v) is 6.28. The Morgan fingerprint density at radius 2 is 1.69 bits per heavy atom. The van der Waals surface area contributed by atoms with Crippen LogP contribution in [0.2, 0.25) is 0 Å². The van der Waals surface area contributed by atoms with Crippen LogP contribution in [0.15, 0.2) is 54.6 Å². The van der Waals surface area contributed by atoms with Crippen LogP contribution < -0.4 is 15.5 Å². The summed E-state index contributed by atoms with van der Waals surface area (Å²) < 4.78 is 39.4. The SMILES string of the molecule is O=C(NCCN1CCC2(CC1)C(=O)NCN2c1ccccc1)c1ccccc1C(F)(F)F. The smallest absolute Gasteiger partial charge is 0.351 e. The summed E-state index contributed by atoms with van der Waals surface area (Å²) in [5.41, 5.74) is -0.911. The van der Waals surface area contributed by atoms with E-state index >= 15 is 0 Å². The Morgan fingerprint density at radius 1 is 1.03 bits per heavy atom. The summed E-state index contributed by atoms with van der Waals surface area (Å²) in [5, 5.41) is 5.55. The number of piperidine rings is 1. The van der Waals surface area contributed by atoms with Crippen LogP contribution in [0.5, 0.6) is 0 Å². The number of alkyl halides is 3. The van der Waals surface area contributed by atoms with Gasteiger partial charge in [0.15, 0.2) is 0 Å². The van der Waals surface area contributed by atoms with Crippen molar-refractivity contribution in [2.45, 2.75) is 24.6 Å². The summed E-state index contributed by atoms with van der Waals surface area (Å²) in [6, 6.07) is 14.6. The summed E-state index contributed by atoms with van der Waals surface area (Å²) in [4.78, 5) is 29.2. The lowest BCUT2D eigenvalue weighted by molar-refractivity contribution is -0.138. The third-order valence-electron chi connectivity index (χ3n) is 6.28. The molecule has 6 nitrogen and oxygen atoms in total. The van der Waals surface area contributed by atoms with Crippen LogP contribution in [0.25, 0.3) is 0 Å². The molecule has 4 rings (SSSR count). The van der Waals surface area contributed by atoms with E-state index in [4.69, 9.17) is 0 Å². The van der Waals surface area contributed by atoms with Gasteiger partial charge in [0.25, 0.3) is 5.91 Å². The van der Waals surface area contributed by atoms with E-state index in [1.165, 1.54) is 18.2 Å². The van der Waals surface area contributed by atoms with Crippen molar-refractivity contribution in [2.75, 3.05) is 37.7 Å². The fourth-order valence-corrected chi connectivity index (χ4v) is 4.53. The highest BCUT2D eigenvalue weighted by atomic mass is 19.4. The number of rotatable bonds is 5. The molecule has 0 bridgehead atoms. The van der Waals surface area contributed by atoms with Gasteiger partial charge in [-0.15, -0.1) is 0 Å². The zero-order chi connectivity index (χ0) is 22.8. The number of halogens is 3. The van der Waals surface area contributed by atoms with Crippen LogP contribution in [-0.2, 0) is 11.0 Å². The van der Waals surface area contributed by atoms with Crippen molar-refractivity contribution in [3.8, 4) is 0 Å². The second-order valence-corrected chi connectivity index (χ2v) is 8.10. The molecule has 32 heavy (non-hydrogen) atoms. The van der Waals surface area contributed by atoms with Crippen molar-refractivity contribution >= 4 is 17.5 Å². The molecule has 2 amide bonds. The summed E-state index contributed by atoms with van der Waals surface area (Å²) in [5.74, 6) is -0.713. The number of benzene rings is 2. The van der Waals surface area contributed by atoms with Gasteiger partial charge in [-0.25, -0.2) is 0 Å². The normalized spacial score (nSPS) is 18.6. The molecule has 2 aromatic rings. The van der Waals surface area contributed by atoms with E-state index < -0.39 is 23.2 Å². The number of carbonyl (C=O) groups excluding carboxylic acids is 2. The fraction of sp³-hybridized carbons (Fsp3) is 0.391. The minimum absolute atomic E-state index is 0.0260. The third kappa shape index (κ3) is 4.29. The van der Waals surface area contributed by atoms with Crippen LogP contribution in [0.1, 0.15) is 28.8 Å². The van der Waals surface area contributed by atoms with E-state index in [-0.39, 0.29) is 18.0 Å². The van der Waals surface area contributed by atoms with Crippen molar-refractivity contribution in [2.24, 2.45) is 0 Å². The minimum atomic E-state index is -4.58. The zero-order valence-corrected chi connectivity index (χ0v) is 17.5. The van der Waals surface area contributed by atoms with E-state index in [9.17, 15) is 22.8 Å². The first-order chi connectivity index (χ1) is 15.3. The number of hydrogen-bond donors (Lipinski definition) is 2. The summed E-state index contributed by atoms with van der Waals surface area (Å²) in [6.45, 7) is 2.52. The lowest BCUT2D eigenvalue weighted by Gasteiger charge is -2.43. The molecule has 0 aliphatic carbocycles. The number of hydrogen-bond acceptors (Lipinski definition) is 4. The van der Waals surface area contributed by atoms with Gasteiger partial charge in [0.05, 0.1) is 17.8 Å². The Kier molecular flexibility index (Phi) is 6.10. The summed E-state index contributed by atoms with van der Waals surface area (Å²) in [7, 11) is 0. The Hall–Kier alpha value is -3.07. The number of nitrogens with one attached hydrogen (secondary N) is 2. The van der Waals surface area contributed by atoms with Gasteiger partial charge in [-0.3, -0.25) is 9.59 Å². The van der Waals surface area contributed by atoms with Crippen LogP contribution in [0.3, 0.4) is 0 Å². The van der Waals surface area contributed by atoms with Gasteiger partial charge < -0.3 is 20.4 Å². The first-order valence-electron chi connectivity index (χ1n) is 10.6. The first kappa shape index (κ1) is 22.1. The van der Waals surface area contributed by atoms with E-state index in [2.05, 4.69) is 20.4 Å². The molecule has 2 aromatic carbocycles. The molecule has 170 valence electrons. The highest BCUT2D eigenvalue weighted by molar-refractivity contribution is 5.96. The Morgan fingerprint density at radius 3 is 2.38 bits per heavy atom. The quantitative estimate of drug-likeness (QED) is 0.742. The van der Waals surface area contributed by atoms with Gasteiger partial charge in [0.2, 0.25) is 5.91 Å². The molecule has 0 atom stereocenters. The van der Waals surface area contributed by atoms with Crippen molar-refractivity contribution < 1.29 is 22.8 Å². The predicted molar refractivity (Wildman–Crippen MR) is 114 cm³/mol. The van der Waals surface area contributed by atoms with E-state index in [0.717, 1.165) is 11.8 Å². The van der Waals surface area contributed by atoms with Crippen molar-refractivity contribution in [3.05, 3.63) is 65.7 Å². The molecule has 2 fully saturated rings. The highest BCUT2D eigenvalue weighted by Crippen LogP contribution is 2.36. The van der Waals surface area contributed by atoms with Gasteiger partial charge in [0, 0.05) is 31.9 Å². The average molecular weight is 446 g/mol. The Bertz CT molecular complexity index is 973. The standard InChI is InChI=1S/C23H25F3N4O2/c24-23(25,26)19-9-5-4-8-18(19)20(31)27-12-15-29-13-10-22(11-14-29)21(32)28-16-30(22)17-6-2-1-3-7-17/h1-9H,10-16H2,(H,27,31)(H,28,32). The molecule has 9 heteroatoms. The number of likely N-dealkylation sites (tertiary alicyclic amines) is 1. The summed E-state index contributed by atoms with van der Waals surface area (Å²) in [6.07, 6.45) is -3.31. The van der Waals surface area contributed by atoms with Crippen molar-refractivity contribution in [1.82, 2.24) is 15.5 Å². The molecule has 2 N–H and O–H groups in total. The van der Waals surface area contributed by atoms with Crippen molar-refractivity contribution in [1.29, 1.82) is 0 Å². The molecule has 2 aliphatic rings. The second-order valence-electron chi connectivity index (χ2n) is 8.10. The maximum absolute atomic E-state index is 13.1. The molecule has 1 spiro atoms. The largest absolute Gasteiger partial charge is 0.417 e. The van der Waals surface area contributed by atoms with Crippen LogP contribution >= 0.6 is 0 Å². The first-order valence-corrected chi connectivity index (χ1v) is 10.6. The molecule has 0 unspecified atom stereocenters. The van der Waals surface area contributed by atoms with E-state index in [1.807, 2.05) is 30.3 Å².